The minimum atomic E-state index is -1.50. The van der Waals surface area contributed by atoms with Crippen LogP contribution in [0.3, 0.4) is 0 Å². The second-order valence-electron chi connectivity index (χ2n) is 0.238. The summed E-state index contributed by atoms with van der Waals surface area (Å²) in [6, 6.07) is 0. The molecule has 0 atom stereocenters. The fraction of sp³-hybridized carbons (Fsp3) is 0. The molecule has 6 heavy (non-hydrogen) atoms. The van der Waals surface area contributed by atoms with E-state index in [4.69, 9.17) is 15.3 Å². The molecule has 0 saturated carbocycles. The van der Waals surface area contributed by atoms with Gasteiger partial charge in [0.1, 0.15) is 0 Å². The summed E-state index contributed by atoms with van der Waals surface area (Å²) >= 11 is 0. The molecule has 46 valence electrons. The SMILES string of the molecule is O=[N+]([O-])O.[Cu].[Cu]. The number of rotatable bonds is 0. The van der Waals surface area contributed by atoms with Gasteiger partial charge in [-0.05, 0) is 0 Å². The maximum absolute atomic E-state index is 8.36. The van der Waals surface area contributed by atoms with Crippen LogP contribution < -0.4 is 0 Å². The zero-order valence-corrected chi connectivity index (χ0v) is 4.20. The monoisotopic (exact) mass is 189 g/mol. The molecular weight excluding hydrogens is 189 g/mol. The molecular formula is HCu2NO3. The van der Waals surface area contributed by atoms with Crippen molar-refractivity contribution in [3.05, 3.63) is 10.1 Å². The molecule has 0 aliphatic carbocycles. The van der Waals surface area contributed by atoms with Gasteiger partial charge in [0.2, 0.25) is 0 Å². The fourth-order valence-electron chi connectivity index (χ4n) is 0. The summed E-state index contributed by atoms with van der Waals surface area (Å²) in [6.07, 6.45) is 0. The van der Waals surface area contributed by atoms with Gasteiger partial charge < -0.3 is 5.21 Å². The van der Waals surface area contributed by atoms with Gasteiger partial charge in [-0.2, -0.15) is 0 Å². The largest absolute Gasteiger partial charge is 0.328 e. The van der Waals surface area contributed by atoms with Gasteiger partial charge in [0.25, 0.3) is 5.09 Å². The van der Waals surface area contributed by atoms with Crippen molar-refractivity contribution < 1.29 is 44.4 Å². The first-order chi connectivity index (χ1) is 1.73. The van der Waals surface area contributed by atoms with E-state index in [2.05, 4.69) is 0 Å². The van der Waals surface area contributed by atoms with Crippen molar-refractivity contribution in [1.82, 2.24) is 0 Å². The molecule has 6 heteroatoms. The molecule has 0 aromatic rings. The molecule has 0 rings (SSSR count). The summed E-state index contributed by atoms with van der Waals surface area (Å²) in [5, 5.41) is 13.6. The number of nitrogens with zero attached hydrogens (tertiary/aromatic N) is 1. The van der Waals surface area contributed by atoms with Crippen LogP contribution in [0.5, 0.6) is 0 Å². The van der Waals surface area contributed by atoms with Crippen molar-refractivity contribution in [3.63, 3.8) is 0 Å². The van der Waals surface area contributed by atoms with Gasteiger partial charge in [0.05, 0.1) is 0 Å². The minimum absolute atomic E-state index is 0. The molecule has 4 nitrogen and oxygen atoms in total. The van der Waals surface area contributed by atoms with Gasteiger partial charge in [-0.1, -0.05) is 0 Å². The maximum Gasteiger partial charge on any atom is 0.291 e. The van der Waals surface area contributed by atoms with E-state index in [0.29, 0.717) is 0 Å². The molecule has 0 aliphatic heterocycles. The molecule has 0 aromatic carbocycles. The topological polar surface area (TPSA) is 63.4 Å². The minimum Gasteiger partial charge on any atom is -0.328 e. The van der Waals surface area contributed by atoms with E-state index in [1.165, 1.54) is 0 Å². The third-order valence-corrected chi connectivity index (χ3v) is 0. The molecule has 0 bridgehead atoms. The summed E-state index contributed by atoms with van der Waals surface area (Å²) in [5.74, 6) is 0. The average Bonchev–Trinajstić information content (AvgIpc) is 0.811. The summed E-state index contributed by atoms with van der Waals surface area (Å²) in [6.45, 7) is 0. The Kier molecular flexibility index (Phi) is 24.4. The first-order valence-corrected chi connectivity index (χ1v) is 0.565. The molecule has 0 fully saturated rings. The zero-order valence-electron chi connectivity index (χ0n) is 2.31. The third-order valence-electron chi connectivity index (χ3n) is 0. The van der Waals surface area contributed by atoms with Crippen LogP contribution in [-0.2, 0) is 34.1 Å². The van der Waals surface area contributed by atoms with E-state index in [9.17, 15) is 0 Å². The van der Waals surface area contributed by atoms with E-state index in [1.807, 2.05) is 0 Å². The second kappa shape index (κ2) is 8.97. The Balaban J connectivity index is -0.0000000450. The standard InChI is InChI=1S/2Cu.HNO3/c;;2-1(3)4/h;;(H,2,3,4). The van der Waals surface area contributed by atoms with Crippen molar-refractivity contribution in [2.24, 2.45) is 0 Å². The molecule has 2 radical (unpaired) electrons. The fourth-order valence-corrected chi connectivity index (χ4v) is 0. The Hall–Kier alpha value is 0.239. The van der Waals surface area contributed by atoms with Gasteiger partial charge in [0.15, 0.2) is 0 Å². The van der Waals surface area contributed by atoms with Crippen molar-refractivity contribution in [2.75, 3.05) is 0 Å². The van der Waals surface area contributed by atoms with Gasteiger partial charge in [0, 0.05) is 34.1 Å². The molecule has 0 spiro atoms. The van der Waals surface area contributed by atoms with E-state index in [-0.39, 0.29) is 34.1 Å². The van der Waals surface area contributed by atoms with Gasteiger partial charge >= 0.3 is 0 Å². The Morgan fingerprint density at radius 3 is 1.50 bits per heavy atom. The van der Waals surface area contributed by atoms with E-state index in [1.54, 1.807) is 0 Å². The molecule has 0 aliphatic rings. The van der Waals surface area contributed by atoms with Crippen LogP contribution in [0, 0.1) is 10.1 Å². The average molecular weight is 190 g/mol. The van der Waals surface area contributed by atoms with Crippen LogP contribution in [0.25, 0.3) is 0 Å². The Labute approximate surface area is 55.0 Å². The smallest absolute Gasteiger partial charge is 0.291 e. The Morgan fingerprint density at radius 1 is 1.50 bits per heavy atom. The van der Waals surface area contributed by atoms with Crippen LogP contribution in [0.1, 0.15) is 0 Å². The van der Waals surface area contributed by atoms with Gasteiger partial charge in [-0.25, -0.2) is 0 Å². The molecule has 0 amide bonds. The molecule has 0 saturated heterocycles. The Bertz CT molecular complexity index is 31.8. The predicted molar refractivity (Wildman–Crippen MR) is 8.78 cm³/mol. The van der Waals surface area contributed by atoms with Crippen LogP contribution >= 0.6 is 0 Å². The van der Waals surface area contributed by atoms with E-state index >= 15 is 0 Å². The van der Waals surface area contributed by atoms with Crippen molar-refractivity contribution in [3.8, 4) is 0 Å². The zero-order chi connectivity index (χ0) is 3.58. The first-order valence-electron chi connectivity index (χ1n) is 0.565. The molecule has 0 aromatic heterocycles. The predicted octanol–water partition coefficient (Wildman–Crippen LogP) is -0.353. The van der Waals surface area contributed by atoms with Crippen molar-refractivity contribution in [2.45, 2.75) is 0 Å². The number of hydrogen-bond donors (Lipinski definition) is 1. The van der Waals surface area contributed by atoms with Gasteiger partial charge in [-0.3, -0.25) is 0 Å². The second-order valence-corrected chi connectivity index (χ2v) is 0.238. The van der Waals surface area contributed by atoms with E-state index < -0.39 is 5.09 Å². The molecule has 0 heterocycles. The van der Waals surface area contributed by atoms with Crippen molar-refractivity contribution >= 4 is 0 Å². The van der Waals surface area contributed by atoms with Crippen LogP contribution in [0.15, 0.2) is 0 Å². The van der Waals surface area contributed by atoms with Gasteiger partial charge in [-0.15, -0.1) is 10.1 Å². The summed E-state index contributed by atoms with van der Waals surface area (Å²) < 4.78 is 0. The summed E-state index contributed by atoms with van der Waals surface area (Å²) in [5.41, 5.74) is 0. The first kappa shape index (κ1) is 16.3. The number of hydrogen-bond acceptors (Lipinski definition) is 2. The normalized spacial score (nSPS) is 4.00. The van der Waals surface area contributed by atoms with Crippen molar-refractivity contribution in [1.29, 1.82) is 0 Å². The third kappa shape index (κ3) is 779. The van der Waals surface area contributed by atoms with Crippen LogP contribution in [0.4, 0.5) is 0 Å². The van der Waals surface area contributed by atoms with E-state index in [0.717, 1.165) is 0 Å². The summed E-state index contributed by atoms with van der Waals surface area (Å²) in [4.78, 5) is 8.36. The quantitative estimate of drug-likeness (QED) is 0.322. The van der Waals surface area contributed by atoms with Crippen LogP contribution in [0.2, 0.25) is 0 Å². The molecule has 1 N–H and O–H groups in total. The molecule has 0 unspecified atom stereocenters. The summed E-state index contributed by atoms with van der Waals surface area (Å²) in [7, 11) is 0. The Morgan fingerprint density at radius 2 is 1.50 bits per heavy atom. The van der Waals surface area contributed by atoms with Crippen LogP contribution in [-0.4, -0.2) is 10.3 Å². The maximum atomic E-state index is 8.36.